The van der Waals surface area contributed by atoms with E-state index in [1.165, 1.54) is 18.2 Å². The van der Waals surface area contributed by atoms with Crippen molar-refractivity contribution in [2.24, 2.45) is 0 Å². The second-order valence-electron chi connectivity index (χ2n) is 2.28. The summed E-state index contributed by atoms with van der Waals surface area (Å²) >= 11 is 5.48. The van der Waals surface area contributed by atoms with Crippen LogP contribution in [-0.4, -0.2) is 12.8 Å². The molecule has 0 fully saturated rings. The van der Waals surface area contributed by atoms with Crippen molar-refractivity contribution in [3.05, 3.63) is 29.3 Å². The smallest absolute Gasteiger partial charge is 0.422 e. The quantitative estimate of drug-likeness (QED) is 0.727. The Labute approximate surface area is 78.1 Å². The predicted octanol–water partition coefficient (Wildman–Crippen LogP) is 3.08. The van der Waals surface area contributed by atoms with Gasteiger partial charge in [-0.1, -0.05) is 11.6 Å². The van der Waals surface area contributed by atoms with Crippen molar-refractivity contribution in [1.82, 2.24) is 0 Å². The van der Waals surface area contributed by atoms with Gasteiger partial charge in [-0.25, -0.2) is 0 Å². The lowest BCUT2D eigenvalue weighted by atomic mass is 10.3. The largest absolute Gasteiger partial charge is 0.484 e. The Morgan fingerprint density at radius 3 is 2.69 bits per heavy atom. The molecule has 0 spiro atoms. The summed E-state index contributed by atoms with van der Waals surface area (Å²) in [6.45, 7) is -1.31. The monoisotopic (exact) mass is 209 g/mol. The van der Waals surface area contributed by atoms with Crippen molar-refractivity contribution in [1.29, 1.82) is 0 Å². The van der Waals surface area contributed by atoms with Gasteiger partial charge in [0, 0.05) is 6.07 Å². The van der Waals surface area contributed by atoms with Gasteiger partial charge in [0.25, 0.3) is 0 Å². The molecule has 1 aromatic rings. The van der Waals surface area contributed by atoms with Crippen LogP contribution in [0.2, 0.25) is 5.02 Å². The topological polar surface area (TPSA) is 9.23 Å². The van der Waals surface area contributed by atoms with E-state index >= 15 is 0 Å². The highest BCUT2D eigenvalue weighted by molar-refractivity contribution is 6.30. The number of benzene rings is 1. The summed E-state index contributed by atoms with van der Waals surface area (Å²) in [5.41, 5.74) is 0. The molecule has 0 saturated carbocycles. The van der Waals surface area contributed by atoms with Crippen molar-refractivity contribution in [3.63, 3.8) is 0 Å². The highest BCUT2D eigenvalue weighted by Gasteiger charge is 2.28. The van der Waals surface area contributed by atoms with Crippen LogP contribution in [0.1, 0.15) is 0 Å². The minimum absolute atomic E-state index is 0.0843. The van der Waals surface area contributed by atoms with E-state index in [-0.39, 0.29) is 10.8 Å². The fraction of sp³-hybridized carbons (Fsp3) is 0.250. The van der Waals surface area contributed by atoms with E-state index in [0.29, 0.717) is 0 Å². The molecular formula is C8H5ClF3O. The van der Waals surface area contributed by atoms with Gasteiger partial charge in [0.2, 0.25) is 0 Å². The number of hydrogen-bond acceptors (Lipinski definition) is 1. The molecule has 71 valence electrons. The molecule has 0 bridgehead atoms. The highest BCUT2D eigenvalue weighted by Crippen LogP contribution is 2.20. The molecule has 0 aliphatic carbocycles. The number of halogens is 4. The van der Waals surface area contributed by atoms with Gasteiger partial charge in [0.1, 0.15) is 5.75 Å². The summed E-state index contributed by atoms with van der Waals surface area (Å²) < 4.78 is 39.4. The van der Waals surface area contributed by atoms with Gasteiger partial charge in [-0.05, 0) is 18.2 Å². The van der Waals surface area contributed by atoms with Gasteiger partial charge < -0.3 is 4.74 Å². The normalized spacial score (nSPS) is 11.4. The zero-order valence-corrected chi connectivity index (χ0v) is 7.12. The first kappa shape index (κ1) is 10.2. The fourth-order valence-electron chi connectivity index (χ4n) is 0.673. The predicted molar refractivity (Wildman–Crippen MR) is 41.8 cm³/mol. The van der Waals surface area contributed by atoms with Crippen LogP contribution in [0, 0.1) is 6.07 Å². The second kappa shape index (κ2) is 3.87. The average Bonchev–Trinajstić information content (AvgIpc) is 2.00. The Hall–Kier alpha value is -0.900. The maximum Gasteiger partial charge on any atom is 0.422 e. The maximum absolute atomic E-state index is 11.7. The average molecular weight is 210 g/mol. The second-order valence-corrected chi connectivity index (χ2v) is 2.68. The van der Waals surface area contributed by atoms with Crippen molar-refractivity contribution in [2.75, 3.05) is 6.61 Å². The van der Waals surface area contributed by atoms with E-state index in [1.807, 2.05) is 0 Å². The van der Waals surface area contributed by atoms with Crippen LogP contribution in [0.25, 0.3) is 0 Å². The van der Waals surface area contributed by atoms with E-state index in [9.17, 15) is 13.2 Å². The molecule has 0 unspecified atom stereocenters. The lowest BCUT2D eigenvalue weighted by Gasteiger charge is -2.08. The Bertz CT molecular complexity index is 285. The Morgan fingerprint density at radius 1 is 1.46 bits per heavy atom. The molecule has 5 heteroatoms. The Morgan fingerprint density at radius 2 is 2.15 bits per heavy atom. The molecule has 1 radical (unpaired) electrons. The molecule has 13 heavy (non-hydrogen) atoms. The van der Waals surface area contributed by atoms with Crippen LogP contribution >= 0.6 is 11.6 Å². The molecule has 0 heterocycles. The zero-order chi connectivity index (χ0) is 9.90. The standard InChI is InChI=1S/C8H5ClF3O/c9-6-2-1-3-7(4-6)13-5-8(10,11)12/h1,3-4H,5H2. The summed E-state index contributed by atoms with van der Waals surface area (Å²) in [4.78, 5) is 0. The van der Waals surface area contributed by atoms with Crippen LogP contribution in [-0.2, 0) is 0 Å². The van der Waals surface area contributed by atoms with E-state index in [4.69, 9.17) is 11.6 Å². The van der Waals surface area contributed by atoms with Crippen LogP contribution in [0.15, 0.2) is 18.2 Å². The molecular weight excluding hydrogens is 205 g/mol. The molecule has 0 N–H and O–H groups in total. The fourth-order valence-corrected chi connectivity index (χ4v) is 0.844. The highest BCUT2D eigenvalue weighted by atomic mass is 35.5. The third-order valence-electron chi connectivity index (χ3n) is 1.14. The first-order valence-electron chi connectivity index (χ1n) is 3.34. The summed E-state index contributed by atoms with van der Waals surface area (Å²) in [5, 5.41) is 0.222. The molecule has 1 rings (SSSR count). The Balaban J connectivity index is 2.55. The summed E-state index contributed by atoms with van der Waals surface area (Å²) in [6.07, 6.45) is -4.33. The number of rotatable bonds is 2. The van der Waals surface area contributed by atoms with Crippen molar-refractivity contribution in [2.45, 2.75) is 6.18 Å². The van der Waals surface area contributed by atoms with E-state index in [2.05, 4.69) is 10.8 Å². The van der Waals surface area contributed by atoms with Gasteiger partial charge in [-0.3, -0.25) is 0 Å². The summed E-state index contributed by atoms with van der Waals surface area (Å²) in [5.74, 6) is 0.0843. The number of hydrogen-bond donors (Lipinski definition) is 0. The van der Waals surface area contributed by atoms with Gasteiger partial charge in [0.15, 0.2) is 6.61 Å². The number of ether oxygens (including phenoxy) is 1. The van der Waals surface area contributed by atoms with E-state index < -0.39 is 12.8 Å². The molecule has 0 amide bonds. The van der Waals surface area contributed by atoms with Crippen molar-refractivity contribution < 1.29 is 17.9 Å². The zero-order valence-electron chi connectivity index (χ0n) is 6.36. The van der Waals surface area contributed by atoms with Crippen LogP contribution in [0.3, 0.4) is 0 Å². The molecule has 0 aliphatic rings. The SMILES string of the molecule is FC(F)(F)COc1cc[c]c(Cl)c1. The molecule has 1 aromatic carbocycles. The first-order valence-corrected chi connectivity index (χ1v) is 3.72. The summed E-state index contributed by atoms with van der Waals surface area (Å²) in [7, 11) is 0. The van der Waals surface area contributed by atoms with Crippen LogP contribution in [0.4, 0.5) is 13.2 Å². The van der Waals surface area contributed by atoms with Gasteiger partial charge in [0.05, 0.1) is 5.02 Å². The van der Waals surface area contributed by atoms with Gasteiger partial charge in [-0.2, -0.15) is 13.2 Å². The molecule has 0 aliphatic heterocycles. The minimum Gasteiger partial charge on any atom is -0.484 e. The minimum atomic E-state index is -4.33. The van der Waals surface area contributed by atoms with E-state index in [0.717, 1.165) is 0 Å². The third kappa shape index (κ3) is 4.03. The first-order chi connectivity index (χ1) is 5.97. The number of alkyl halides is 3. The third-order valence-corrected chi connectivity index (χ3v) is 1.36. The summed E-state index contributed by atoms with van der Waals surface area (Å²) in [6, 6.07) is 6.60. The molecule has 0 aromatic heterocycles. The maximum atomic E-state index is 11.7. The van der Waals surface area contributed by atoms with Crippen molar-refractivity contribution >= 4 is 11.6 Å². The lowest BCUT2D eigenvalue weighted by molar-refractivity contribution is -0.153. The van der Waals surface area contributed by atoms with Gasteiger partial charge >= 0.3 is 6.18 Å². The van der Waals surface area contributed by atoms with Crippen LogP contribution < -0.4 is 4.74 Å². The van der Waals surface area contributed by atoms with Crippen molar-refractivity contribution in [3.8, 4) is 5.75 Å². The molecule has 0 atom stereocenters. The van der Waals surface area contributed by atoms with Crippen LogP contribution in [0.5, 0.6) is 5.75 Å². The molecule has 0 saturated heterocycles. The van der Waals surface area contributed by atoms with E-state index in [1.54, 1.807) is 0 Å². The van der Waals surface area contributed by atoms with Gasteiger partial charge in [-0.15, -0.1) is 0 Å². The molecule has 1 nitrogen and oxygen atoms in total. The lowest BCUT2D eigenvalue weighted by Crippen LogP contribution is -2.19. The Kier molecular flexibility index (Phi) is 3.03.